The number of carbonyl (C=O) groups excluding carboxylic acids is 2. The maximum atomic E-state index is 13.0. The molecular formula is C23H28BN3O2. The predicted molar refractivity (Wildman–Crippen MR) is 118 cm³/mol. The molecular weight excluding hydrogens is 361 g/mol. The van der Waals surface area contributed by atoms with E-state index in [-0.39, 0.29) is 23.8 Å². The predicted octanol–water partition coefficient (Wildman–Crippen LogP) is 2.22. The number of carbonyl (C=O) groups is 2. The molecule has 2 radical (unpaired) electrons. The molecule has 0 bridgehead atoms. The molecule has 2 heterocycles. The molecule has 4 rings (SSSR count). The normalized spacial score (nSPS) is 21.0. The summed E-state index contributed by atoms with van der Waals surface area (Å²) < 4.78 is 1.72. The molecule has 1 aromatic carbocycles. The summed E-state index contributed by atoms with van der Waals surface area (Å²) in [6, 6.07) is 4.15. The van der Waals surface area contributed by atoms with Gasteiger partial charge >= 0.3 is 0 Å². The lowest BCUT2D eigenvalue weighted by Gasteiger charge is -2.40. The Hall–Kier alpha value is -2.34. The van der Waals surface area contributed by atoms with Gasteiger partial charge in [-0.05, 0) is 44.0 Å². The highest BCUT2D eigenvalue weighted by atomic mass is 16.2. The summed E-state index contributed by atoms with van der Waals surface area (Å²) in [5, 5.41) is 1.07. The molecule has 0 fully saturated rings. The minimum atomic E-state index is -0.153. The quantitative estimate of drug-likeness (QED) is 0.754. The van der Waals surface area contributed by atoms with Gasteiger partial charge in [0.15, 0.2) is 0 Å². The second-order valence-electron chi connectivity index (χ2n) is 8.10. The average molecular weight is 389 g/mol. The van der Waals surface area contributed by atoms with Gasteiger partial charge < -0.3 is 4.90 Å². The number of aromatic nitrogens is 1. The van der Waals surface area contributed by atoms with Crippen LogP contribution in [0.5, 0.6) is 0 Å². The highest BCUT2D eigenvalue weighted by Crippen LogP contribution is 2.41. The van der Waals surface area contributed by atoms with Crippen molar-refractivity contribution < 1.29 is 9.59 Å². The van der Waals surface area contributed by atoms with Crippen molar-refractivity contribution >= 4 is 41.6 Å². The molecule has 0 saturated carbocycles. The third-order valence-corrected chi connectivity index (χ3v) is 6.50. The zero-order chi connectivity index (χ0) is 20.9. The first-order valence-electron chi connectivity index (χ1n) is 10.6. The van der Waals surface area contributed by atoms with Gasteiger partial charge in [-0.15, -0.1) is 0 Å². The van der Waals surface area contributed by atoms with Gasteiger partial charge in [0, 0.05) is 49.2 Å². The van der Waals surface area contributed by atoms with E-state index in [1.807, 2.05) is 37.9 Å². The van der Waals surface area contributed by atoms with Gasteiger partial charge in [-0.2, -0.15) is 0 Å². The summed E-state index contributed by atoms with van der Waals surface area (Å²) in [4.78, 5) is 29.8. The second-order valence-corrected chi connectivity index (χ2v) is 8.10. The van der Waals surface area contributed by atoms with Crippen LogP contribution < -0.4 is 5.46 Å². The maximum absolute atomic E-state index is 13.0. The fourth-order valence-electron chi connectivity index (χ4n) is 4.96. The second kappa shape index (κ2) is 7.49. The van der Waals surface area contributed by atoms with E-state index in [1.165, 1.54) is 5.57 Å². The van der Waals surface area contributed by atoms with Crippen LogP contribution in [0.3, 0.4) is 0 Å². The molecule has 1 aliphatic heterocycles. The molecule has 1 aromatic heterocycles. The Labute approximate surface area is 173 Å². The molecule has 1 amide bonds. The molecule has 0 spiro atoms. The lowest BCUT2D eigenvalue weighted by atomic mass is 9.78. The van der Waals surface area contributed by atoms with Gasteiger partial charge in [0.2, 0.25) is 11.8 Å². The fourth-order valence-corrected chi connectivity index (χ4v) is 4.96. The van der Waals surface area contributed by atoms with Gasteiger partial charge in [-0.25, -0.2) is 0 Å². The maximum Gasteiger partial charge on any atom is 0.230 e. The molecule has 5 nitrogen and oxygen atoms in total. The number of likely N-dealkylation sites (N-methyl/N-ethyl adjacent to an activating group) is 1. The minimum absolute atomic E-state index is 0.0480. The Morgan fingerprint density at radius 1 is 1.21 bits per heavy atom. The topological polar surface area (TPSA) is 45.6 Å². The number of hydrogen-bond donors (Lipinski definition) is 0. The van der Waals surface area contributed by atoms with Crippen molar-refractivity contribution in [3.63, 3.8) is 0 Å². The molecule has 2 unspecified atom stereocenters. The van der Waals surface area contributed by atoms with Gasteiger partial charge in [0.25, 0.3) is 0 Å². The van der Waals surface area contributed by atoms with Crippen LogP contribution in [-0.4, -0.2) is 66.8 Å². The molecule has 2 atom stereocenters. The molecule has 6 heteroatoms. The number of hydrogen-bond acceptors (Lipinski definition) is 3. The van der Waals surface area contributed by atoms with Gasteiger partial charge in [0.05, 0.1) is 5.92 Å². The zero-order valence-corrected chi connectivity index (χ0v) is 17.7. The van der Waals surface area contributed by atoms with Gasteiger partial charge in [-0.3, -0.25) is 19.1 Å². The van der Waals surface area contributed by atoms with Gasteiger partial charge in [0.1, 0.15) is 7.85 Å². The highest BCUT2D eigenvalue weighted by Gasteiger charge is 2.37. The number of benzene rings is 1. The van der Waals surface area contributed by atoms with Gasteiger partial charge in [-0.1, -0.05) is 30.6 Å². The summed E-state index contributed by atoms with van der Waals surface area (Å²) in [6.45, 7) is 8.07. The van der Waals surface area contributed by atoms with Crippen LogP contribution in [0.2, 0.25) is 0 Å². The van der Waals surface area contributed by atoms with Crippen molar-refractivity contribution in [1.29, 1.82) is 0 Å². The van der Waals surface area contributed by atoms with Crippen molar-refractivity contribution in [3.05, 3.63) is 35.5 Å². The zero-order valence-electron chi connectivity index (χ0n) is 17.7. The largest absolute Gasteiger partial charge is 0.343 e. The average Bonchev–Trinajstić information content (AvgIpc) is 3.11. The monoisotopic (exact) mass is 389 g/mol. The van der Waals surface area contributed by atoms with Crippen LogP contribution in [0.25, 0.3) is 16.5 Å². The summed E-state index contributed by atoms with van der Waals surface area (Å²) in [5.74, 6) is 0.0792. The van der Waals surface area contributed by atoms with E-state index in [9.17, 15) is 9.59 Å². The number of amides is 1. The Balaban J connectivity index is 1.87. The van der Waals surface area contributed by atoms with E-state index >= 15 is 0 Å². The Morgan fingerprint density at radius 3 is 2.59 bits per heavy atom. The van der Waals surface area contributed by atoms with E-state index in [0.717, 1.165) is 41.5 Å². The first kappa shape index (κ1) is 20.0. The van der Waals surface area contributed by atoms with Crippen molar-refractivity contribution in [2.45, 2.75) is 39.7 Å². The Kier molecular flexibility index (Phi) is 5.15. The van der Waals surface area contributed by atoms with Crippen LogP contribution in [-0.2, 0) is 11.2 Å². The van der Waals surface area contributed by atoms with E-state index in [0.29, 0.717) is 18.4 Å². The van der Waals surface area contributed by atoms with E-state index in [2.05, 4.69) is 24.1 Å². The number of fused-ring (bicyclic) bond motifs is 2. The lowest BCUT2D eigenvalue weighted by molar-refractivity contribution is -0.134. The summed E-state index contributed by atoms with van der Waals surface area (Å²) >= 11 is 0. The standard InChI is InChI=1S/C23H28BN3O2/c1-5-20(28)27-13-14-11-19-17(16-8-9-18(24)22(27)21(14)16)10-15(12-25(19)4)23(29)26(6-2)7-3/h8-10,13,15,19H,5-7,11-12H2,1-4H3. The third-order valence-electron chi connectivity index (χ3n) is 6.50. The van der Waals surface area contributed by atoms with Crippen molar-refractivity contribution in [2.24, 2.45) is 5.92 Å². The van der Waals surface area contributed by atoms with Crippen LogP contribution in [0.1, 0.15) is 43.1 Å². The smallest absolute Gasteiger partial charge is 0.230 e. The molecule has 0 saturated heterocycles. The van der Waals surface area contributed by atoms with E-state index in [1.54, 1.807) is 4.57 Å². The number of nitrogens with zero attached hydrogens (tertiary/aromatic N) is 3. The summed E-state index contributed by atoms with van der Waals surface area (Å²) in [7, 11) is 8.38. The molecule has 0 N–H and O–H groups in total. The minimum Gasteiger partial charge on any atom is -0.343 e. The van der Waals surface area contributed by atoms with Crippen LogP contribution in [0.15, 0.2) is 24.4 Å². The molecule has 2 aliphatic rings. The van der Waals surface area contributed by atoms with Crippen molar-refractivity contribution in [3.8, 4) is 0 Å². The Morgan fingerprint density at radius 2 is 1.93 bits per heavy atom. The van der Waals surface area contributed by atoms with E-state index < -0.39 is 0 Å². The summed E-state index contributed by atoms with van der Waals surface area (Å²) in [5.41, 5.74) is 4.88. The van der Waals surface area contributed by atoms with Crippen molar-refractivity contribution in [2.75, 3.05) is 26.7 Å². The Bertz CT molecular complexity index is 1020. The SMILES string of the molecule is [B]c1ccc2c3c(cn(C(=O)CC)c13)CC1C2=CC(C(=O)N(CC)CC)CN1C. The third kappa shape index (κ3) is 3.05. The molecule has 29 heavy (non-hydrogen) atoms. The molecule has 150 valence electrons. The van der Waals surface area contributed by atoms with Crippen LogP contribution >= 0.6 is 0 Å². The molecule has 2 aromatic rings. The van der Waals surface area contributed by atoms with Crippen molar-refractivity contribution in [1.82, 2.24) is 14.4 Å². The first-order valence-corrected chi connectivity index (χ1v) is 10.6. The highest BCUT2D eigenvalue weighted by molar-refractivity contribution is 6.39. The lowest BCUT2D eigenvalue weighted by Crippen LogP contribution is -2.47. The van der Waals surface area contributed by atoms with E-state index in [4.69, 9.17) is 7.85 Å². The summed E-state index contributed by atoms with van der Waals surface area (Å²) in [6.07, 6.45) is 5.39. The van der Waals surface area contributed by atoms with Crippen LogP contribution in [0, 0.1) is 5.92 Å². The first-order chi connectivity index (χ1) is 13.9. The molecule has 1 aliphatic carbocycles. The van der Waals surface area contributed by atoms with Crippen LogP contribution in [0.4, 0.5) is 0 Å². The number of rotatable bonds is 4. The fraction of sp³-hybridized carbons (Fsp3) is 0.478.